The molecule has 1 amide bonds. The van der Waals surface area contributed by atoms with Crippen molar-refractivity contribution in [2.75, 3.05) is 11.1 Å². The minimum atomic E-state index is -0.248. The summed E-state index contributed by atoms with van der Waals surface area (Å²) in [6.07, 6.45) is 1.77. The molecule has 3 rings (SSSR count). The van der Waals surface area contributed by atoms with Crippen LogP contribution in [0.25, 0.3) is 0 Å². The minimum absolute atomic E-state index is 0.129. The van der Waals surface area contributed by atoms with Crippen LogP contribution in [0.15, 0.2) is 54.2 Å². The molecular formula is C21H18Cl4N4OS2. The zero-order chi connectivity index (χ0) is 23.1. The van der Waals surface area contributed by atoms with E-state index in [0.717, 1.165) is 16.6 Å². The third-order valence-electron chi connectivity index (χ3n) is 4.13. The minimum Gasteiger partial charge on any atom is -0.324 e. The van der Waals surface area contributed by atoms with Crippen molar-refractivity contribution in [3.05, 3.63) is 80.5 Å². The predicted octanol–water partition coefficient (Wildman–Crippen LogP) is 7.24. The summed E-state index contributed by atoms with van der Waals surface area (Å²) in [5.41, 5.74) is 1.58. The Morgan fingerprint density at radius 3 is 2.47 bits per heavy atom. The van der Waals surface area contributed by atoms with Crippen molar-refractivity contribution in [3.63, 3.8) is 0 Å². The first-order valence-electron chi connectivity index (χ1n) is 9.29. The third kappa shape index (κ3) is 7.07. The van der Waals surface area contributed by atoms with E-state index < -0.39 is 0 Å². The molecule has 168 valence electrons. The summed E-state index contributed by atoms with van der Waals surface area (Å²) in [4.78, 5) is 12.4. The highest BCUT2D eigenvalue weighted by atomic mass is 35.5. The molecule has 1 N–H and O–H groups in total. The van der Waals surface area contributed by atoms with Crippen LogP contribution in [-0.4, -0.2) is 26.4 Å². The lowest BCUT2D eigenvalue weighted by atomic mass is 10.2. The Kier molecular flexibility index (Phi) is 9.64. The van der Waals surface area contributed by atoms with Gasteiger partial charge in [-0.15, -0.1) is 28.5 Å². The van der Waals surface area contributed by atoms with Crippen molar-refractivity contribution in [3.8, 4) is 0 Å². The van der Waals surface area contributed by atoms with Gasteiger partial charge in [-0.05, 0) is 29.8 Å². The number of carbonyl (C=O) groups excluding carboxylic acids is 1. The molecular weight excluding hydrogens is 530 g/mol. The van der Waals surface area contributed by atoms with Gasteiger partial charge in [0.2, 0.25) is 5.91 Å². The average Bonchev–Trinajstić information content (AvgIpc) is 3.14. The number of amides is 1. The molecule has 0 saturated heterocycles. The zero-order valence-corrected chi connectivity index (χ0v) is 21.3. The average molecular weight is 548 g/mol. The molecule has 0 aliphatic heterocycles. The molecule has 0 aliphatic rings. The van der Waals surface area contributed by atoms with Crippen LogP contribution in [0.4, 0.5) is 5.69 Å². The first kappa shape index (κ1) is 25.3. The van der Waals surface area contributed by atoms with E-state index >= 15 is 0 Å². The largest absolute Gasteiger partial charge is 0.324 e. The van der Waals surface area contributed by atoms with Gasteiger partial charge >= 0.3 is 0 Å². The molecule has 5 nitrogen and oxygen atoms in total. The lowest BCUT2D eigenvalue weighted by Crippen LogP contribution is -2.15. The van der Waals surface area contributed by atoms with Crippen LogP contribution >= 0.6 is 69.9 Å². The van der Waals surface area contributed by atoms with E-state index in [1.54, 1.807) is 17.8 Å². The highest BCUT2D eigenvalue weighted by Gasteiger charge is 2.15. The molecule has 0 spiro atoms. The summed E-state index contributed by atoms with van der Waals surface area (Å²) >= 11 is 27.0. The molecule has 0 aliphatic carbocycles. The maximum Gasteiger partial charge on any atom is 0.234 e. The number of rotatable bonds is 10. The van der Waals surface area contributed by atoms with Gasteiger partial charge in [0.05, 0.1) is 32.3 Å². The number of allylic oxidation sites excluding steroid dienone is 1. The molecule has 0 bridgehead atoms. The Morgan fingerprint density at radius 2 is 1.75 bits per heavy atom. The van der Waals surface area contributed by atoms with Crippen molar-refractivity contribution in [2.45, 2.75) is 23.2 Å². The number of halogens is 4. The summed E-state index contributed by atoms with van der Waals surface area (Å²) < 4.78 is 1.95. The Balaban J connectivity index is 1.58. The fourth-order valence-electron chi connectivity index (χ4n) is 2.62. The van der Waals surface area contributed by atoms with E-state index in [1.807, 2.05) is 28.8 Å². The number of hydrogen-bond donors (Lipinski definition) is 1. The molecule has 11 heteroatoms. The van der Waals surface area contributed by atoms with E-state index in [0.29, 0.717) is 38.2 Å². The highest BCUT2D eigenvalue weighted by molar-refractivity contribution is 7.99. The summed E-state index contributed by atoms with van der Waals surface area (Å²) in [6, 6.07) is 10.8. The second-order valence-electron chi connectivity index (χ2n) is 6.50. The van der Waals surface area contributed by atoms with Gasteiger partial charge in [0, 0.05) is 17.3 Å². The van der Waals surface area contributed by atoms with E-state index in [2.05, 4.69) is 22.1 Å². The monoisotopic (exact) mass is 546 g/mol. The molecule has 0 fully saturated rings. The quantitative estimate of drug-likeness (QED) is 0.165. The van der Waals surface area contributed by atoms with Gasteiger partial charge in [-0.1, -0.05) is 76.4 Å². The normalized spacial score (nSPS) is 10.9. The van der Waals surface area contributed by atoms with Crippen LogP contribution in [0, 0.1) is 0 Å². The topological polar surface area (TPSA) is 59.8 Å². The smallest absolute Gasteiger partial charge is 0.234 e. The Bertz CT molecular complexity index is 1110. The second kappa shape index (κ2) is 12.2. The summed E-state index contributed by atoms with van der Waals surface area (Å²) in [5.74, 6) is 2.20. The van der Waals surface area contributed by atoms with Gasteiger partial charge in [-0.2, -0.15) is 0 Å². The Hall–Kier alpha value is -1.35. The van der Waals surface area contributed by atoms with Crippen molar-refractivity contribution < 1.29 is 4.79 Å². The number of hydrogen-bond acceptors (Lipinski definition) is 5. The molecule has 3 aromatic rings. The highest BCUT2D eigenvalue weighted by Crippen LogP contribution is 2.32. The van der Waals surface area contributed by atoms with Crippen molar-refractivity contribution in [1.82, 2.24) is 14.8 Å². The van der Waals surface area contributed by atoms with E-state index in [-0.39, 0.29) is 11.7 Å². The molecule has 0 unspecified atom stereocenters. The van der Waals surface area contributed by atoms with Crippen molar-refractivity contribution in [2.24, 2.45) is 0 Å². The maximum absolute atomic E-state index is 12.4. The van der Waals surface area contributed by atoms with Crippen LogP contribution in [0.2, 0.25) is 20.1 Å². The van der Waals surface area contributed by atoms with Gasteiger partial charge < -0.3 is 9.88 Å². The number of aromatic nitrogens is 3. The van der Waals surface area contributed by atoms with Crippen LogP contribution in [0.3, 0.4) is 0 Å². The molecule has 32 heavy (non-hydrogen) atoms. The molecule has 2 aromatic carbocycles. The zero-order valence-electron chi connectivity index (χ0n) is 16.7. The van der Waals surface area contributed by atoms with E-state index in [4.69, 9.17) is 46.4 Å². The molecule has 1 aromatic heterocycles. The predicted molar refractivity (Wildman–Crippen MR) is 137 cm³/mol. The lowest BCUT2D eigenvalue weighted by molar-refractivity contribution is -0.113. The first-order chi connectivity index (χ1) is 15.4. The summed E-state index contributed by atoms with van der Waals surface area (Å²) in [6.45, 7) is 4.36. The van der Waals surface area contributed by atoms with Crippen LogP contribution in [-0.2, 0) is 22.8 Å². The first-order valence-corrected chi connectivity index (χ1v) is 12.9. The van der Waals surface area contributed by atoms with E-state index in [1.165, 1.54) is 29.5 Å². The lowest BCUT2D eigenvalue weighted by Gasteiger charge is -2.10. The molecule has 1 heterocycles. The fourth-order valence-corrected chi connectivity index (χ4v) is 5.03. The Morgan fingerprint density at radius 1 is 1.03 bits per heavy atom. The SMILES string of the molecule is C=CCn1c(CSCc2ccc(Cl)cc2)nnc1SCC(=O)Nc1cc(Cl)c(Cl)cc1Cl. The van der Waals surface area contributed by atoms with Crippen molar-refractivity contribution in [1.29, 1.82) is 0 Å². The third-order valence-corrected chi connectivity index (χ3v) is 7.39. The fraction of sp³-hybridized carbons (Fsp3) is 0.190. The number of nitrogens with zero attached hydrogens (tertiary/aromatic N) is 3. The second-order valence-corrected chi connectivity index (χ2v) is 10.1. The Labute approximate surface area is 214 Å². The maximum atomic E-state index is 12.4. The van der Waals surface area contributed by atoms with Crippen LogP contribution < -0.4 is 5.32 Å². The molecule has 0 atom stereocenters. The number of anilines is 1. The number of thioether (sulfide) groups is 2. The molecule has 0 saturated carbocycles. The van der Waals surface area contributed by atoms with Crippen LogP contribution in [0.5, 0.6) is 0 Å². The molecule has 0 radical (unpaired) electrons. The summed E-state index contributed by atoms with van der Waals surface area (Å²) in [7, 11) is 0. The van der Waals surface area contributed by atoms with Crippen molar-refractivity contribution >= 4 is 81.5 Å². The van der Waals surface area contributed by atoms with Gasteiger partial charge in [0.1, 0.15) is 5.82 Å². The van der Waals surface area contributed by atoms with Gasteiger partial charge in [0.15, 0.2) is 5.16 Å². The van der Waals surface area contributed by atoms with Gasteiger partial charge in [-0.3, -0.25) is 4.79 Å². The standard InChI is InChI=1S/C21H18Cl4N4OS2/c1-2-7-29-19(11-31-10-13-3-5-14(22)6-4-13)27-28-21(29)32-12-20(30)26-18-9-16(24)15(23)8-17(18)25/h2-6,8-9H,1,7,10-12H2,(H,26,30). The summed E-state index contributed by atoms with van der Waals surface area (Å²) in [5, 5.41) is 13.6. The van der Waals surface area contributed by atoms with Crippen LogP contribution in [0.1, 0.15) is 11.4 Å². The van der Waals surface area contributed by atoms with Gasteiger partial charge in [0.25, 0.3) is 0 Å². The van der Waals surface area contributed by atoms with Gasteiger partial charge in [-0.25, -0.2) is 0 Å². The van der Waals surface area contributed by atoms with E-state index in [9.17, 15) is 4.79 Å². The number of benzene rings is 2. The number of carbonyl (C=O) groups is 1. The number of nitrogens with one attached hydrogen (secondary N) is 1.